The number of methoxy groups -OCH3 is 1. The van der Waals surface area contributed by atoms with Crippen LogP contribution < -0.4 is 20.7 Å². The highest BCUT2D eigenvalue weighted by Crippen LogP contribution is 2.28. The Morgan fingerprint density at radius 3 is 3.04 bits per heavy atom. The summed E-state index contributed by atoms with van der Waals surface area (Å²) in [6.45, 7) is 1.12. The van der Waals surface area contributed by atoms with E-state index in [2.05, 4.69) is 31.0 Å². The summed E-state index contributed by atoms with van der Waals surface area (Å²) in [5.74, 6) is 1.39. The van der Waals surface area contributed by atoms with E-state index in [-0.39, 0.29) is 5.91 Å². The van der Waals surface area contributed by atoms with Crippen LogP contribution in [0.4, 0.5) is 17.3 Å². The van der Waals surface area contributed by atoms with Crippen molar-refractivity contribution in [2.24, 2.45) is 0 Å². The number of hydrogen-bond donors (Lipinski definition) is 3. The van der Waals surface area contributed by atoms with Gasteiger partial charge in [-0.3, -0.25) is 4.79 Å². The predicted octanol–water partition coefficient (Wildman–Crippen LogP) is 1.18. The van der Waals surface area contributed by atoms with Crippen molar-refractivity contribution in [1.82, 2.24) is 24.9 Å². The summed E-state index contributed by atoms with van der Waals surface area (Å²) in [5, 5.41) is 13.4. The first-order valence-electron chi connectivity index (χ1n) is 8.42. The van der Waals surface area contributed by atoms with E-state index in [9.17, 15) is 4.79 Å². The Balaban J connectivity index is 1.87. The summed E-state index contributed by atoms with van der Waals surface area (Å²) < 4.78 is 12.5. The molecule has 10 nitrogen and oxygen atoms in total. The zero-order valence-corrected chi connectivity index (χ0v) is 14.9. The van der Waals surface area contributed by atoms with Gasteiger partial charge in [0.1, 0.15) is 22.9 Å². The van der Waals surface area contributed by atoms with Crippen LogP contribution in [0.15, 0.2) is 24.5 Å². The first-order valence-corrected chi connectivity index (χ1v) is 8.42. The van der Waals surface area contributed by atoms with Gasteiger partial charge in [0, 0.05) is 25.9 Å². The van der Waals surface area contributed by atoms with Crippen LogP contribution in [0.5, 0.6) is 5.88 Å². The van der Waals surface area contributed by atoms with E-state index in [0.717, 1.165) is 5.56 Å². The maximum Gasteiger partial charge on any atom is 0.256 e. The number of nitrogens with zero attached hydrogens (tertiary/aromatic N) is 4. The molecule has 3 N–H and O–H groups in total. The molecule has 0 fully saturated rings. The van der Waals surface area contributed by atoms with Gasteiger partial charge in [-0.1, -0.05) is 0 Å². The molecule has 1 aliphatic heterocycles. The number of anilines is 3. The van der Waals surface area contributed by atoms with Gasteiger partial charge in [-0.25, -0.2) is 9.97 Å². The third kappa shape index (κ3) is 3.22. The molecular formula is C17H19N7O3. The average Bonchev–Trinajstić information content (AvgIpc) is 3.10. The average molecular weight is 369 g/mol. The van der Waals surface area contributed by atoms with Crippen molar-refractivity contribution in [2.45, 2.75) is 6.61 Å². The molecule has 140 valence electrons. The van der Waals surface area contributed by atoms with Crippen LogP contribution in [-0.2, 0) is 11.3 Å². The fourth-order valence-corrected chi connectivity index (χ4v) is 2.85. The molecule has 0 aromatic carbocycles. The zero-order chi connectivity index (χ0) is 18.8. The van der Waals surface area contributed by atoms with Gasteiger partial charge < -0.3 is 25.4 Å². The molecule has 0 aliphatic carbocycles. The number of pyridine rings is 1. The van der Waals surface area contributed by atoms with Crippen LogP contribution in [0, 0.1) is 0 Å². The molecule has 10 heteroatoms. The summed E-state index contributed by atoms with van der Waals surface area (Å²) in [4.78, 5) is 21.4. The monoisotopic (exact) mass is 369 g/mol. The molecule has 0 saturated heterocycles. The smallest absolute Gasteiger partial charge is 0.256 e. The molecule has 3 aromatic heterocycles. The normalized spacial score (nSPS) is 14.4. The highest BCUT2D eigenvalue weighted by molar-refractivity contribution is 6.00. The minimum Gasteiger partial charge on any atom is -0.480 e. The van der Waals surface area contributed by atoms with Gasteiger partial charge in [0.05, 0.1) is 26.5 Å². The number of aromatic nitrogens is 4. The minimum absolute atomic E-state index is 0.255. The second-order valence-corrected chi connectivity index (χ2v) is 5.90. The van der Waals surface area contributed by atoms with Gasteiger partial charge in [-0.2, -0.15) is 9.61 Å². The molecule has 4 rings (SSSR count). The number of rotatable bonds is 2. The summed E-state index contributed by atoms with van der Waals surface area (Å²) >= 11 is 0. The third-order valence-electron chi connectivity index (χ3n) is 4.14. The molecule has 1 amide bonds. The lowest BCUT2D eigenvalue weighted by molar-refractivity contribution is 0.0902. The van der Waals surface area contributed by atoms with Crippen LogP contribution in [0.25, 0.3) is 5.65 Å². The van der Waals surface area contributed by atoms with E-state index in [1.165, 1.54) is 6.20 Å². The minimum atomic E-state index is -0.255. The number of nitrogens with one attached hydrogen (secondary N) is 3. The zero-order valence-electron chi connectivity index (χ0n) is 14.9. The van der Waals surface area contributed by atoms with Gasteiger partial charge in [0.2, 0.25) is 5.88 Å². The Morgan fingerprint density at radius 1 is 1.33 bits per heavy atom. The van der Waals surface area contributed by atoms with Crippen molar-refractivity contribution in [3.63, 3.8) is 0 Å². The van der Waals surface area contributed by atoms with Crippen molar-refractivity contribution in [1.29, 1.82) is 0 Å². The summed E-state index contributed by atoms with van der Waals surface area (Å²) in [6.07, 6.45) is 3.19. The lowest BCUT2D eigenvalue weighted by Gasteiger charge is -2.14. The Morgan fingerprint density at radius 2 is 2.22 bits per heavy atom. The van der Waals surface area contributed by atoms with Gasteiger partial charge >= 0.3 is 0 Å². The lowest BCUT2D eigenvalue weighted by atomic mass is 10.2. The van der Waals surface area contributed by atoms with E-state index in [1.54, 1.807) is 30.9 Å². The maximum atomic E-state index is 12.5. The van der Waals surface area contributed by atoms with Crippen LogP contribution in [0.3, 0.4) is 0 Å². The summed E-state index contributed by atoms with van der Waals surface area (Å²) in [6, 6.07) is 3.69. The molecule has 0 radical (unpaired) electrons. The largest absolute Gasteiger partial charge is 0.480 e. The second kappa shape index (κ2) is 7.08. The van der Waals surface area contributed by atoms with Crippen LogP contribution in [0.2, 0.25) is 0 Å². The van der Waals surface area contributed by atoms with Crippen molar-refractivity contribution < 1.29 is 14.3 Å². The van der Waals surface area contributed by atoms with Crippen molar-refractivity contribution >= 4 is 28.9 Å². The Labute approximate surface area is 154 Å². The fraction of sp³-hybridized carbons (Fsp3) is 0.294. The van der Waals surface area contributed by atoms with Crippen LogP contribution in [-0.4, -0.2) is 52.8 Å². The molecule has 4 heterocycles. The number of carbonyl (C=O) groups is 1. The maximum absolute atomic E-state index is 12.5. The molecule has 4 bridgehead atoms. The molecule has 0 spiro atoms. The standard InChI is InChI=1S/C17H19N7O3/c1-18-14-6-13-22-12-5-10(7-20-17(12)26-2)9-27-4-3-19-16(25)11-8-21-24(14)15(11)23-13/h5-8,18H,3-4,9H2,1-2H3,(H,19,25)(H,22,23). The SMILES string of the molecule is CNc1cc2nc3c(cnn13)C(=O)NCCOCc1cnc(OC)c(c1)N2. The third-order valence-corrected chi connectivity index (χ3v) is 4.14. The highest BCUT2D eigenvalue weighted by atomic mass is 16.5. The molecule has 0 atom stereocenters. The second-order valence-electron chi connectivity index (χ2n) is 5.90. The van der Waals surface area contributed by atoms with Gasteiger partial charge in [0.15, 0.2) is 5.65 Å². The number of ether oxygens (including phenoxy) is 2. The number of fused-ring (bicyclic) bond motifs is 3. The first kappa shape index (κ1) is 17.0. The lowest BCUT2D eigenvalue weighted by Crippen LogP contribution is -2.27. The number of carbonyl (C=O) groups excluding carboxylic acids is 1. The van der Waals surface area contributed by atoms with Crippen LogP contribution >= 0.6 is 0 Å². The molecule has 3 aromatic rings. The van der Waals surface area contributed by atoms with Crippen molar-refractivity contribution in [2.75, 3.05) is 37.9 Å². The van der Waals surface area contributed by atoms with Crippen LogP contribution in [0.1, 0.15) is 15.9 Å². The first-order chi connectivity index (χ1) is 13.2. The van der Waals surface area contributed by atoms with Gasteiger partial charge in [0.25, 0.3) is 5.91 Å². The molecule has 0 saturated carbocycles. The van der Waals surface area contributed by atoms with E-state index in [1.807, 2.05) is 6.07 Å². The predicted molar refractivity (Wildman–Crippen MR) is 98.6 cm³/mol. The fourth-order valence-electron chi connectivity index (χ4n) is 2.85. The van der Waals surface area contributed by atoms with Crippen molar-refractivity contribution in [3.05, 3.63) is 35.7 Å². The molecule has 27 heavy (non-hydrogen) atoms. The van der Waals surface area contributed by atoms with Gasteiger partial charge in [-0.15, -0.1) is 0 Å². The number of amides is 1. The van der Waals surface area contributed by atoms with Gasteiger partial charge in [-0.05, 0) is 11.6 Å². The van der Waals surface area contributed by atoms with E-state index >= 15 is 0 Å². The highest BCUT2D eigenvalue weighted by Gasteiger charge is 2.18. The van der Waals surface area contributed by atoms with E-state index in [0.29, 0.717) is 54.2 Å². The van der Waals surface area contributed by atoms with E-state index < -0.39 is 0 Å². The number of hydrogen-bond acceptors (Lipinski definition) is 8. The Bertz CT molecular complexity index is 1000. The molecule has 1 aliphatic rings. The Kier molecular flexibility index (Phi) is 4.47. The summed E-state index contributed by atoms with van der Waals surface area (Å²) in [7, 11) is 3.33. The molecule has 0 unspecified atom stereocenters. The quantitative estimate of drug-likeness (QED) is 0.617. The van der Waals surface area contributed by atoms with Crippen molar-refractivity contribution in [3.8, 4) is 5.88 Å². The van der Waals surface area contributed by atoms with E-state index in [4.69, 9.17) is 9.47 Å². The summed E-state index contributed by atoms with van der Waals surface area (Å²) in [5.41, 5.74) is 2.34. The Hall–Kier alpha value is -3.40. The molecular weight excluding hydrogens is 350 g/mol. The topological polar surface area (TPSA) is 115 Å².